The highest BCUT2D eigenvalue weighted by molar-refractivity contribution is 7.99. The average molecular weight is 253 g/mol. The Morgan fingerprint density at radius 2 is 1.72 bits per heavy atom. The first kappa shape index (κ1) is 12.7. The van der Waals surface area contributed by atoms with E-state index in [1.54, 1.807) is 11.8 Å². The smallest absolute Gasteiger partial charge is 0.0637 e. The van der Waals surface area contributed by atoms with Crippen molar-refractivity contribution in [2.75, 3.05) is 0 Å². The molecule has 2 heteroatoms. The predicted octanol–water partition coefficient (Wildman–Crippen LogP) is 4.74. The van der Waals surface area contributed by atoms with Gasteiger partial charge in [0.15, 0.2) is 0 Å². The van der Waals surface area contributed by atoms with E-state index in [0.29, 0.717) is 6.42 Å². The average Bonchev–Trinajstić information content (AvgIpc) is 2.42. The number of hydrogen-bond acceptors (Lipinski definition) is 2. The van der Waals surface area contributed by atoms with Crippen LogP contribution in [0.3, 0.4) is 0 Å². The molecule has 0 aromatic heterocycles. The van der Waals surface area contributed by atoms with Crippen LogP contribution in [-0.2, 0) is 0 Å². The summed E-state index contributed by atoms with van der Waals surface area (Å²) in [6.45, 7) is 2.11. The molecule has 90 valence electrons. The van der Waals surface area contributed by atoms with E-state index < -0.39 is 0 Å². The first-order valence-electron chi connectivity index (χ1n) is 5.95. The highest BCUT2D eigenvalue weighted by Gasteiger charge is 2.13. The summed E-state index contributed by atoms with van der Waals surface area (Å²) in [4.78, 5) is 1.25. The lowest BCUT2D eigenvalue weighted by Gasteiger charge is -2.15. The predicted molar refractivity (Wildman–Crippen MR) is 76.4 cm³/mol. The summed E-state index contributed by atoms with van der Waals surface area (Å²) in [5.74, 6) is 0. The summed E-state index contributed by atoms with van der Waals surface area (Å²) in [6, 6.07) is 20.8. The van der Waals surface area contributed by atoms with Crippen molar-refractivity contribution in [2.24, 2.45) is 0 Å². The molecule has 2 aromatic carbocycles. The highest BCUT2D eigenvalue weighted by atomic mass is 32.2. The number of benzene rings is 2. The maximum atomic E-state index is 8.98. The van der Waals surface area contributed by atoms with E-state index in [1.165, 1.54) is 16.0 Å². The largest absolute Gasteiger partial charge is 0.198 e. The second-order valence-electron chi connectivity index (χ2n) is 4.14. The van der Waals surface area contributed by atoms with E-state index in [4.69, 9.17) is 5.26 Å². The summed E-state index contributed by atoms with van der Waals surface area (Å²) in [7, 11) is 0. The van der Waals surface area contributed by atoms with Gasteiger partial charge in [-0.15, -0.1) is 11.8 Å². The summed E-state index contributed by atoms with van der Waals surface area (Å²) in [5, 5.41) is 9.19. The van der Waals surface area contributed by atoms with Crippen LogP contribution in [0.2, 0.25) is 0 Å². The minimum absolute atomic E-state index is 0.206. The zero-order chi connectivity index (χ0) is 12.8. The van der Waals surface area contributed by atoms with Crippen molar-refractivity contribution in [1.29, 1.82) is 5.26 Å². The Bertz CT molecular complexity index is 543. The molecule has 2 rings (SSSR count). The Morgan fingerprint density at radius 1 is 1.06 bits per heavy atom. The molecule has 1 unspecified atom stereocenters. The van der Waals surface area contributed by atoms with Crippen molar-refractivity contribution in [1.82, 2.24) is 0 Å². The maximum Gasteiger partial charge on any atom is 0.0637 e. The topological polar surface area (TPSA) is 23.8 Å². The second kappa shape index (κ2) is 6.28. The van der Waals surface area contributed by atoms with E-state index >= 15 is 0 Å². The van der Waals surface area contributed by atoms with Crippen molar-refractivity contribution in [2.45, 2.75) is 23.5 Å². The van der Waals surface area contributed by atoms with Crippen LogP contribution in [0.1, 0.15) is 22.8 Å². The minimum Gasteiger partial charge on any atom is -0.198 e. The molecule has 0 aliphatic carbocycles. The van der Waals surface area contributed by atoms with Crippen molar-refractivity contribution < 1.29 is 0 Å². The zero-order valence-electron chi connectivity index (χ0n) is 10.3. The molecular formula is C16H15NS. The molecule has 2 aromatic rings. The van der Waals surface area contributed by atoms with E-state index in [9.17, 15) is 0 Å². The van der Waals surface area contributed by atoms with Crippen molar-refractivity contribution in [3.05, 3.63) is 65.7 Å². The van der Waals surface area contributed by atoms with Crippen LogP contribution in [0.15, 0.2) is 59.5 Å². The number of nitrogens with zero attached hydrogens (tertiary/aromatic N) is 1. The van der Waals surface area contributed by atoms with Crippen molar-refractivity contribution in [3.8, 4) is 6.07 Å². The first-order chi connectivity index (χ1) is 8.81. The third kappa shape index (κ3) is 3.15. The Labute approximate surface area is 112 Å². The van der Waals surface area contributed by atoms with Crippen LogP contribution in [0.5, 0.6) is 0 Å². The highest BCUT2D eigenvalue weighted by Crippen LogP contribution is 2.38. The molecule has 0 radical (unpaired) electrons. The summed E-state index contributed by atoms with van der Waals surface area (Å²) < 4.78 is 0. The van der Waals surface area contributed by atoms with Crippen LogP contribution in [0, 0.1) is 18.3 Å². The Hall–Kier alpha value is -1.72. The third-order valence-electron chi connectivity index (χ3n) is 2.81. The van der Waals surface area contributed by atoms with Gasteiger partial charge in [0.05, 0.1) is 12.5 Å². The lowest BCUT2D eigenvalue weighted by molar-refractivity contribution is 0.976. The third-order valence-corrected chi connectivity index (χ3v) is 4.25. The Kier molecular flexibility index (Phi) is 4.44. The Balaban J connectivity index is 2.23. The molecule has 1 nitrogen and oxygen atoms in total. The van der Waals surface area contributed by atoms with E-state index in [-0.39, 0.29) is 5.25 Å². The Morgan fingerprint density at radius 3 is 2.39 bits per heavy atom. The fourth-order valence-corrected chi connectivity index (χ4v) is 2.99. The molecule has 0 bridgehead atoms. The van der Waals surface area contributed by atoms with Crippen LogP contribution >= 0.6 is 11.8 Å². The van der Waals surface area contributed by atoms with Gasteiger partial charge in [0, 0.05) is 10.1 Å². The van der Waals surface area contributed by atoms with Gasteiger partial charge in [-0.1, -0.05) is 48.5 Å². The van der Waals surface area contributed by atoms with Gasteiger partial charge in [-0.05, 0) is 24.1 Å². The molecule has 0 aliphatic rings. The molecule has 0 fully saturated rings. The molecule has 18 heavy (non-hydrogen) atoms. The van der Waals surface area contributed by atoms with Crippen LogP contribution in [0.25, 0.3) is 0 Å². The fraction of sp³-hybridized carbons (Fsp3) is 0.188. The van der Waals surface area contributed by atoms with Gasteiger partial charge in [0.1, 0.15) is 0 Å². The molecule has 0 saturated carbocycles. The van der Waals surface area contributed by atoms with Gasteiger partial charge < -0.3 is 0 Å². The quantitative estimate of drug-likeness (QED) is 0.735. The van der Waals surface area contributed by atoms with Crippen LogP contribution < -0.4 is 0 Å². The van der Waals surface area contributed by atoms with E-state index in [2.05, 4.69) is 37.3 Å². The fourth-order valence-electron chi connectivity index (χ4n) is 1.82. The number of thioether (sulfide) groups is 1. The molecule has 0 saturated heterocycles. The normalized spacial score (nSPS) is 11.8. The second-order valence-corrected chi connectivity index (χ2v) is 5.39. The standard InChI is InChI=1S/C16H15NS/c1-13-7-5-6-10-15(13)18-16(11-12-17)14-8-3-2-4-9-14/h2-10,16H,11H2,1H3. The van der Waals surface area contributed by atoms with Crippen molar-refractivity contribution in [3.63, 3.8) is 0 Å². The lowest BCUT2D eigenvalue weighted by atomic mass is 10.1. The molecule has 0 N–H and O–H groups in total. The van der Waals surface area contributed by atoms with Gasteiger partial charge in [-0.25, -0.2) is 0 Å². The lowest BCUT2D eigenvalue weighted by Crippen LogP contribution is -1.93. The number of hydrogen-bond donors (Lipinski definition) is 0. The summed E-state index contributed by atoms with van der Waals surface area (Å²) in [5.41, 5.74) is 2.48. The van der Waals surface area contributed by atoms with Gasteiger partial charge >= 0.3 is 0 Å². The molecule has 0 heterocycles. The molecule has 0 amide bonds. The van der Waals surface area contributed by atoms with Gasteiger partial charge in [-0.2, -0.15) is 5.26 Å². The van der Waals surface area contributed by atoms with Crippen LogP contribution in [0.4, 0.5) is 0 Å². The SMILES string of the molecule is Cc1ccccc1SC(CC#N)c1ccccc1. The summed E-state index contributed by atoms with van der Waals surface area (Å²) in [6.07, 6.45) is 0.531. The van der Waals surface area contributed by atoms with Crippen LogP contribution in [-0.4, -0.2) is 0 Å². The number of rotatable bonds is 4. The molecular weight excluding hydrogens is 238 g/mol. The number of nitriles is 1. The van der Waals surface area contributed by atoms with Gasteiger partial charge in [0.25, 0.3) is 0 Å². The zero-order valence-corrected chi connectivity index (χ0v) is 11.2. The molecule has 0 spiro atoms. The van der Waals surface area contributed by atoms with E-state index in [0.717, 1.165) is 0 Å². The van der Waals surface area contributed by atoms with Crippen molar-refractivity contribution >= 4 is 11.8 Å². The maximum absolute atomic E-state index is 8.98. The van der Waals surface area contributed by atoms with Gasteiger partial charge in [0.2, 0.25) is 0 Å². The number of aryl methyl sites for hydroxylation is 1. The summed E-state index contributed by atoms with van der Waals surface area (Å²) >= 11 is 1.77. The monoisotopic (exact) mass is 253 g/mol. The molecule has 1 atom stereocenters. The first-order valence-corrected chi connectivity index (χ1v) is 6.83. The minimum atomic E-state index is 0.206. The van der Waals surface area contributed by atoms with E-state index in [1.807, 2.05) is 30.3 Å². The molecule has 0 aliphatic heterocycles. The van der Waals surface area contributed by atoms with Gasteiger partial charge in [-0.3, -0.25) is 0 Å².